The summed E-state index contributed by atoms with van der Waals surface area (Å²) in [6.07, 6.45) is 4.42. The SMILES string of the molecule is NC(=O)NC1CCCCCC1O. The van der Waals surface area contributed by atoms with Crippen LogP contribution in [0.3, 0.4) is 0 Å². The van der Waals surface area contributed by atoms with Gasteiger partial charge in [-0.3, -0.25) is 0 Å². The number of aliphatic hydroxyl groups is 1. The van der Waals surface area contributed by atoms with Gasteiger partial charge in [0.1, 0.15) is 0 Å². The van der Waals surface area contributed by atoms with Gasteiger partial charge in [0, 0.05) is 0 Å². The first kappa shape index (κ1) is 9.32. The first-order chi connectivity index (χ1) is 5.70. The summed E-state index contributed by atoms with van der Waals surface area (Å²) in [5.41, 5.74) is 4.98. The Morgan fingerprint density at radius 2 is 2.00 bits per heavy atom. The Labute approximate surface area is 72.1 Å². The van der Waals surface area contributed by atoms with Gasteiger partial charge in [0.15, 0.2) is 0 Å². The van der Waals surface area contributed by atoms with Gasteiger partial charge in [-0.2, -0.15) is 0 Å². The van der Waals surface area contributed by atoms with Crippen LogP contribution in [0.25, 0.3) is 0 Å². The highest BCUT2D eigenvalue weighted by Crippen LogP contribution is 2.17. The Bertz CT molecular complexity index is 161. The quantitative estimate of drug-likeness (QED) is 0.499. The molecule has 12 heavy (non-hydrogen) atoms. The average molecular weight is 172 g/mol. The maximum absolute atomic E-state index is 10.5. The topological polar surface area (TPSA) is 75.4 Å². The lowest BCUT2D eigenvalue weighted by molar-refractivity contribution is 0.123. The van der Waals surface area contributed by atoms with Crippen LogP contribution >= 0.6 is 0 Å². The van der Waals surface area contributed by atoms with Crippen molar-refractivity contribution in [3.63, 3.8) is 0 Å². The number of carbonyl (C=O) groups excluding carboxylic acids is 1. The zero-order valence-corrected chi connectivity index (χ0v) is 7.12. The third-order valence-electron chi connectivity index (χ3n) is 2.31. The van der Waals surface area contributed by atoms with E-state index in [1.807, 2.05) is 0 Å². The molecule has 1 rings (SSSR count). The fourth-order valence-corrected chi connectivity index (χ4v) is 1.64. The summed E-state index contributed by atoms with van der Waals surface area (Å²) in [7, 11) is 0. The third kappa shape index (κ3) is 2.70. The minimum absolute atomic E-state index is 0.134. The molecule has 1 fully saturated rings. The van der Waals surface area contributed by atoms with Crippen molar-refractivity contribution >= 4 is 6.03 Å². The fourth-order valence-electron chi connectivity index (χ4n) is 1.64. The van der Waals surface area contributed by atoms with E-state index in [0.29, 0.717) is 0 Å². The second kappa shape index (κ2) is 4.30. The van der Waals surface area contributed by atoms with Crippen molar-refractivity contribution in [3.05, 3.63) is 0 Å². The molecule has 70 valence electrons. The zero-order chi connectivity index (χ0) is 8.97. The summed E-state index contributed by atoms with van der Waals surface area (Å²) in [4.78, 5) is 10.5. The van der Waals surface area contributed by atoms with Crippen molar-refractivity contribution in [1.82, 2.24) is 5.32 Å². The van der Waals surface area contributed by atoms with Gasteiger partial charge in [-0.15, -0.1) is 0 Å². The van der Waals surface area contributed by atoms with Crippen molar-refractivity contribution in [2.24, 2.45) is 5.73 Å². The van der Waals surface area contributed by atoms with Crippen LogP contribution in [0.4, 0.5) is 4.79 Å². The number of amides is 2. The minimum Gasteiger partial charge on any atom is -0.391 e. The summed E-state index contributed by atoms with van der Waals surface area (Å²) in [6.45, 7) is 0. The van der Waals surface area contributed by atoms with E-state index in [0.717, 1.165) is 32.1 Å². The molecule has 0 aromatic heterocycles. The maximum Gasteiger partial charge on any atom is 0.312 e. The first-order valence-electron chi connectivity index (χ1n) is 4.44. The van der Waals surface area contributed by atoms with Gasteiger partial charge in [-0.1, -0.05) is 19.3 Å². The molecule has 1 aliphatic carbocycles. The van der Waals surface area contributed by atoms with E-state index in [9.17, 15) is 9.90 Å². The first-order valence-corrected chi connectivity index (χ1v) is 4.44. The Kier molecular flexibility index (Phi) is 3.34. The van der Waals surface area contributed by atoms with Crippen LogP contribution in [0.5, 0.6) is 0 Å². The molecule has 4 heteroatoms. The normalized spacial score (nSPS) is 30.8. The largest absolute Gasteiger partial charge is 0.391 e. The number of urea groups is 1. The van der Waals surface area contributed by atoms with Gasteiger partial charge in [0.25, 0.3) is 0 Å². The molecular weight excluding hydrogens is 156 g/mol. The van der Waals surface area contributed by atoms with Crippen LogP contribution in [0, 0.1) is 0 Å². The molecule has 0 aromatic rings. The number of aliphatic hydroxyl groups excluding tert-OH is 1. The summed E-state index contributed by atoms with van der Waals surface area (Å²) in [6, 6.07) is -0.675. The van der Waals surface area contributed by atoms with E-state index >= 15 is 0 Å². The number of hydrogen-bond donors (Lipinski definition) is 3. The van der Waals surface area contributed by atoms with Crippen LogP contribution in [0.15, 0.2) is 0 Å². The summed E-state index contributed by atoms with van der Waals surface area (Å²) < 4.78 is 0. The highest BCUT2D eigenvalue weighted by atomic mass is 16.3. The summed E-state index contributed by atoms with van der Waals surface area (Å²) in [5.74, 6) is 0. The Hall–Kier alpha value is -0.770. The summed E-state index contributed by atoms with van der Waals surface area (Å²) in [5, 5.41) is 12.1. The maximum atomic E-state index is 10.5. The number of nitrogens with two attached hydrogens (primary N) is 1. The minimum atomic E-state index is -0.541. The van der Waals surface area contributed by atoms with Gasteiger partial charge in [-0.25, -0.2) is 4.79 Å². The van der Waals surface area contributed by atoms with Gasteiger partial charge in [0.05, 0.1) is 12.1 Å². The van der Waals surface area contributed by atoms with Crippen LogP contribution in [0.1, 0.15) is 32.1 Å². The average Bonchev–Trinajstić information content (AvgIpc) is 2.16. The molecule has 1 saturated carbocycles. The Morgan fingerprint density at radius 1 is 1.33 bits per heavy atom. The van der Waals surface area contributed by atoms with E-state index in [1.54, 1.807) is 0 Å². The molecule has 0 aromatic carbocycles. The second-order valence-electron chi connectivity index (χ2n) is 3.32. The van der Waals surface area contributed by atoms with Gasteiger partial charge >= 0.3 is 6.03 Å². The van der Waals surface area contributed by atoms with E-state index in [2.05, 4.69) is 5.32 Å². The van der Waals surface area contributed by atoms with Gasteiger partial charge in [-0.05, 0) is 12.8 Å². The molecule has 2 atom stereocenters. The van der Waals surface area contributed by atoms with Crippen molar-refractivity contribution in [2.75, 3.05) is 0 Å². The molecule has 2 unspecified atom stereocenters. The second-order valence-corrected chi connectivity index (χ2v) is 3.32. The molecule has 1 aliphatic rings. The number of hydrogen-bond acceptors (Lipinski definition) is 2. The number of carbonyl (C=O) groups is 1. The molecule has 0 radical (unpaired) electrons. The lowest BCUT2D eigenvalue weighted by atomic mass is 10.1. The molecule has 0 aliphatic heterocycles. The highest BCUT2D eigenvalue weighted by Gasteiger charge is 2.21. The molecular formula is C8H16N2O2. The molecule has 4 N–H and O–H groups in total. The molecule has 0 heterocycles. The monoisotopic (exact) mass is 172 g/mol. The van der Waals surface area contributed by atoms with E-state index < -0.39 is 12.1 Å². The predicted molar refractivity (Wildman–Crippen MR) is 45.6 cm³/mol. The molecule has 0 bridgehead atoms. The zero-order valence-electron chi connectivity index (χ0n) is 7.12. The van der Waals surface area contributed by atoms with Crippen molar-refractivity contribution < 1.29 is 9.90 Å². The standard InChI is InChI=1S/C8H16N2O2/c9-8(12)10-6-4-2-1-3-5-7(6)11/h6-7,11H,1-5H2,(H3,9,10,12). The fraction of sp³-hybridized carbons (Fsp3) is 0.875. The van der Waals surface area contributed by atoms with E-state index in [1.165, 1.54) is 0 Å². The number of rotatable bonds is 1. The molecule has 0 spiro atoms. The van der Waals surface area contributed by atoms with Gasteiger partial charge < -0.3 is 16.2 Å². The summed E-state index contributed by atoms with van der Waals surface area (Å²) >= 11 is 0. The van der Waals surface area contributed by atoms with Crippen LogP contribution < -0.4 is 11.1 Å². The van der Waals surface area contributed by atoms with Crippen LogP contribution in [-0.2, 0) is 0 Å². The van der Waals surface area contributed by atoms with Crippen molar-refractivity contribution in [2.45, 2.75) is 44.2 Å². The molecule has 4 nitrogen and oxygen atoms in total. The van der Waals surface area contributed by atoms with E-state index in [-0.39, 0.29) is 6.04 Å². The Balaban J connectivity index is 2.41. The number of primary amides is 1. The predicted octanol–water partition coefficient (Wildman–Crippen LogP) is 0.348. The lowest BCUT2D eigenvalue weighted by Crippen LogP contribution is -2.45. The van der Waals surface area contributed by atoms with Gasteiger partial charge in [0.2, 0.25) is 0 Å². The lowest BCUT2D eigenvalue weighted by Gasteiger charge is -2.20. The molecule has 0 saturated heterocycles. The number of nitrogens with one attached hydrogen (secondary N) is 1. The highest BCUT2D eigenvalue weighted by molar-refractivity contribution is 5.72. The van der Waals surface area contributed by atoms with Crippen molar-refractivity contribution in [1.29, 1.82) is 0 Å². The smallest absolute Gasteiger partial charge is 0.312 e. The van der Waals surface area contributed by atoms with Crippen LogP contribution in [0.2, 0.25) is 0 Å². The van der Waals surface area contributed by atoms with Crippen molar-refractivity contribution in [3.8, 4) is 0 Å². The Morgan fingerprint density at radius 3 is 2.67 bits per heavy atom. The third-order valence-corrected chi connectivity index (χ3v) is 2.31. The van der Waals surface area contributed by atoms with E-state index in [4.69, 9.17) is 5.73 Å². The van der Waals surface area contributed by atoms with Crippen LogP contribution in [-0.4, -0.2) is 23.3 Å². The molecule has 2 amide bonds.